The summed E-state index contributed by atoms with van der Waals surface area (Å²) in [6, 6.07) is 2.99. The molecule has 2 rings (SSSR count). The molecule has 0 aliphatic carbocycles. The summed E-state index contributed by atoms with van der Waals surface area (Å²) in [7, 11) is 0. The first-order chi connectivity index (χ1) is 6.61. The molecular weight excluding hydrogens is 182 g/mol. The van der Waals surface area contributed by atoms with Crippen molar-refractivity contribution in [3.63, 3.8) is 0 Å². The van der Waals surface area contributed by atoms with E-state index in [1.54, 1.807) is 6.07 Å². The number of benzene rings is 1. The molecule has 2 unspecified atom stereocenters. The van der Waals surface area contributed by atoms with Gasteiger partial charge >= 0.3 is 0 Å². The van der Waals surface area contributed by atoms with E-state index in [1.807, 2.05) is 6.92 Å². The molecule has 1 aromatic rings. The van der Waals surface area contributed by atoms with Gasteiger partial charge in [0.15, 0.2) is 11.5 Å². The average molecular weight is 195 g/mol. The Bertz CT molecular complexity index is 365. The Labute approximate surface area is 81.8 Å². The Morgan fingerprint density at radius 1 is 1.36 bits per heavy atom. The molecule has 1 aliphatic rings. The lowest BCUT2D eigenvalue weighted by molar-refractivity contribution is 0.157. The number of nitrogens with one attached hydrogen (secondary N) is 1. The molecule has 76 valence electrons. The van der Waals surface area contributed by atoms with Crippen LogP contribution in [0.4, 0.5) is 0 Å². The zero-order valence-electron chi connectivity index (χ0n) is 7.86. The van der Waals surface area contributed by atoms with Crippen molar-refractivity contribution in [2.45, 2.75) is 19.1 Å². The van der Waals surface area contributed by atoms with Gasteiger partial charge in [0, 0.05) is 18.2 Å². The third kappa shape index (κ3) is 1.23. The highest BCUT2D eigenvalue weighted by Crippen LogP contribution is 2.39. The third-order valence-corrected chi connectivity index (χ3v) is 2.64. The summed E-state index contributed by atoms with van der Waals surface area (Å²) in [6.07, 6.45) is -0.618. The minimum absolute atomic E-state index is 0.0551. The van der Waals surface area contributed by atoms with E-state index in [9.17, 15) is 15.3 Å². The van der Waals surface area contributed by atoms with Crippen molar-refractivity contribution in [2.75, 3.05) is 6.54 Å². The van der Waals surface area contributed by atoms with Crippen molar-refractivity contribution in [3.8, 4) is 11.5 Å². The van der Waals surface area contributed by atoms with Crippen molar-refractivity contribution in [2.24, 2.45) is 0 Å². The van der Waals surface area contributed by atoms with Gasteiger partial charge in [0.25, 0.3) is 0 Å². The van der Waals surface area contributed by atoms with E-state index < -0.39 is 6.10 Å². The second-order valence-electron chi connectivity index (χ2n) is 3.58. The quantitative estimate of drug-likeness (QED) is 0.462. The highest BCUT2D eigenvalue weighted by atomic mass is 16.3. The number of β-amino-alcohol motifs (C(OH)–C–C–N with tert-alkyl or cyclic N) is 1. The highest BCUT2D eigenvalue weighted by molar-refractivity contribution is 5.52. The van der Waals surface area contributed by atoms with Gasteiger partial charge < -0.3 is 20.6 Å². The lowest BCUT2D eigenvalue weighted by Gasteiger charge is -2.28. The van der Waals surface area contributed by atoms with E-state index in [4.69, 9.17) is 0 Å². The van der Waals surface area contributed by atoms with Gasteiger partial charge in [0.2, 0.25) is 0 Å². The van der Waals surface area contributed by atoms with Crippen LogP contribution >= 0.6 is 0 Å². The van der Waals surface area contributed by atoms with Crippen LogP contribution in [0, 0.1) is 0 Å². The van der Waals surface area contributed by atoms with Crippen LogP contribution in [0.3, 0.4) is 0 Å². The fourth-order valence-electron chi connectivity index (χ4n) is 1.86. The highest BCUT2D eigenvalue weighted by Gasteiger charge is 2.26. The first-order valence-electron chi connectivity index (χ1n) is 4.57. The molecule has 2 atom stereocenters. The standard InChI is InChI=1S/C10H13NO3/c1-5-9-6(8(13)4-11-5)2-3-7(12)10(9)14/h2-3,5,8,11-14H,4H2,1H3. The molecule has 1 aromatic carbocycles. The number of fused-ring (bicyclic) bond motifs is 1. The van der Waals surface area contributed by atoms with Gasteiger partial charge in [-0.05, 0) is 18.6 Å². The van der Waals surface area contributed by atoms with Gasteiger partial charge in [-0.2, -0.15) is 0 Å². The number of aliphatic hydroxyl groups is 1. The molecule has 0 radical (unpaired) electrons. The maximum absolute atomic E-state index is 9.64. The summed E-state index contributed by atoms with van der Waals surface area (Å²) in [5.74, 6) is -0.284. The van der Waals surface area contributed by atoms with Crippen LogP contribution in [-0.2, 0) is 0 Å². The van der Waals surface area contributed by atoms with Crippen molar-refractivity contribution >= 4 is 0 Å². The lowest BCUT2D eigenvalue weighted by Crippen LogP contribution is -2.31. The predicted molar refractivity (Wildman–Crippen MR) is 51.1 cm³/mol. The van der Waals surface area contributed by atoms with Crippen molar-refractivity contribution < 1.29 is 15.3 Å². The average Bonchev–Trinajstić information content (AvgIpc) is 2.16. The lowest BCUT2D eigenvalue weighted by atomic mass is 9.92. The summed E-state index contributed by atoms with van der Waals surface area (Å²) < 4.78 is 0. The van der Waals surface area contributed by atoms with Gasteiger partial charge in [-0.25, -0.2) is 0 Å². The summed E-state index contributed by atoms with van der Waals surface area (Å²) >= 11 is 0. The van der Waals surface area contributed by atoms with Crippen molar-refractivity contribution in [3.05, 3.63) is 23.3 Å². The maximum Gasteiger partial charge on any atom is 0.162 e. The Balaban J connectivity index is 2.61. The smallest absolute Gasteiger partial charge is 0.162 e. The largest absolute Gasteiger partial charge is 0.504 e. The van der Waals surface area contributed by atoms with Gasteiger partial charge in [-0.3, -0.25) is 0 Å². The zero-order valence-corrected chi connectivity index (χ0v) is 7.86. The fraction of sp³-hybridized carbons (Fsp3) is 0.400. The number of hydrogen-bond donors (Lipinski definition) is 4. The summed E-state index contributed by atoms with van der Waals surface area (Å²) in [5.41, 5.74) is 1.27. The van der Waals surface area contributed by atoms with Crippen LogP contribution in [0.5, 0.6) is 11.5 Å². The molecule has 0 saturated heterocycles. The molecule has 0 aromatic heterocycles. The van der Waals surface area contributed by atoms with Gasteiger partial charge in [-0.1, -0.05) is 6.07 Å². The molecule has 0 fully saturated rings. The molecule has 0 amide bonds. The predicted octanol–water partition coefficient (Wildman–Crippen LogP) is 0.795. The molecule has 0 bridgehead atoms. The zero-order chi connectivity index (χ0) is 10.3. The SMILES string of the molecule is CC1NCC(O)c2ccc(O)c(O)c21. The van der Waals surface area contributed by atoms with Crippen LogP contribution < -0.4 is 5.32 Å². The van der Waals surface area contributed by atoms with E-state index in [2.05, 4.69) is 5.32 Å². The number of aromatic hydroxyl groups is 2. The second-order valence-corrected chi connectivity index (χ2v) is 3.58. The number of hydrogen-bond acceptors (Lipinski definition) is 4. The molecule has 14 heavy (non-hydrogen) atoms. The van der Waals surface area contributed by atoms with Crippen LogP contribution in [0.25, 0.3) is 0 Å². The number of phenolic OH excluding ortho intramolecular Hbond substituents is 2. The van der Waals surface area contributed by atoms with Crippen molar-refractivity contribution in [1.82, 2.24) is 5.32 Å². The molecule has 0 spiro atoms. The molecule has 1 aliphatic heterocycles. The Kier molecular flexibility index (Phi) is 2.09. The second kappa shape index (κ2) is 3.15. The van der Waals surface area contributed by atoms with Gasteiger partial charge in [0.1, 0.15) is 0 Å². The van der Waals surface area contributed by atoms with E-state index in [0.717, 1.165) is 0 Å². The third-order valence-electron chi connectivity index (χ3n) is 2.64. The molecular formula is C10H13NO3. The van der Waals surface area contributed by atoms with E-state index in [1.165, 1.54) is 6.07 Å². The van der Waals surface area contributed by atoms with Crippen LogP contribution in [0.15, 0.2) is 12.1 Å². The van der Waals surface area contributed by atoms with Crippen LogP contribution in [0.1, 0.15) is 30.2 Å². The molecule has 4 N–H and O–H groups in total. The van der Waals surface area contributed by atoms with Crippen LogP contribution in [0.2, 0.25) is 0 Å². The van der Waals surface area contributed by atoms with E-state index >= 15 is 0 Å². The van der Waals surface area contributed by atoms with Gasteiger partial charge in [0.05, 0.1) is 6.10 Å². The number of phenols is 2. The van der Waals surface area contributed by atoms with E-state index in [0.29, 0.717) is 17.7 Å². The van der Waals surface area contributed by atoms with Crippen molar-refractivity contribution in [1.29, 1.82) is 0 Å². The summed E-state index contributed by atoms with van der Waals surface area (Å²) in [5, 5.41) is 31.6. The Morgan fingerprint density at radius 2 is 2.07 bits per heavy atom. The number of rotatable bonds is 0. The van der Waals surface area contributed by atoms with Crippen LogP contribution in [-0.4, -0.2) is 21.9 Å². The fourth-order valence-corrected chi connectivity index (χ4v) is 1.86. The minimum Gasteiger partial charge on any atom is -0.504 e. The number of aliphatic hydroxyl groups excluding tert-OH is 1. The minimum atomic E-state index is -0.618. The Hall–Kier alpha value is -1.26. The Morgan fingerprint density at radius 3 is 2.79 bits per heavy atom. The molecule has 4 nitrogen and oxygen atoms in total. The summed E-state index contributed by atoms with van der Waals surface area (Å²) in [4.78, 5) is 0. The topological polar surface area (TPSA) is 72.7 Å². The monoisotopic (exact) mass is 195 g/mol. The normalized spacial score (nSPS) is 25.9. The molecule has 0 saturated carbocycles. The first-order valence-corrected chi connectivity index (χ1v) is 4.57. The van der Waals surface area contributed by atoms with Gasteiger partial charge in [-0.15, -0.1) is 0 Å². The first kappa shape index (κ1) is 9.30. The maximum atomic E-state index is 9.64. The molecule has 1 heterocycles. The molecule has 4 heteroatoms. The van der Waals surface area contributed by atoms with E-state index in [-0.39, 0.29) is 17.5 Å². The summed E-state index contributed by atoms with van der Waals surface area (Å²) in [6.45, 7) is 2.35.